The number of amides is 1. The SMILES string of the molecule is CCOC(=O)CNC(=O)CSc1nc2sc3c(c2c(=O)[nH]1)CC[C@H](C)C3. The van der Waals surface area contributed by atoms with Crippen molar-refractivity contribution in [3.8, 4) is 0 Å². The van der Waals surface area contributed by atoms with Gasteiger partial charge in [-0.25, -0.2) is 4.98 Å². The number of aryl methyl sites for hydroxylation is 1. The van der Waals surface area contributed by atoms with E-state index >= 15 is 0 Å². The van der Waals surface area contributed by atoms with E-state index in [1.807, 2.05) is 0 Å². The maximum Gasteiger partial charge on any atom is 0.325 e. The van der Waals surface area contributed by atoms with Gasteiger partial charge >= 0.3 is 5.97 Å². The maximum atomic E-state index is 12.5. The number of thioether (sulfide) groups is 1. The lowest BCUT2D eigenvalue weighted by Gasteiger charge is -2.17. The summed E-state index contributed by atoms with van der Waals surface area (Å²) in [4.78, 5) is 44.8. The number of aromatic amines is 1. The van der Waals surface area contributed by atoms with Gasteiger partial charge in [-0.3, -0.25) is 14.4 Å². The Morgan fingerprint density at radius 2 is 2.27 bits per heavy atom. The van der Waals surface area contributed by atoms with E-state index in [-0.39, 0.29) is 30.4 Å². The number of ether oxygens (including phenoxy) is 1. The van der Waals surface area contributed by atoms with Crippen molar-refractivity contribution in [1.29, 1.82) is 0 Å². The van der Waals surface area contributed by atoms with E-state index in [0.717, 1.165) is 41.4 Å². The second-order valence-corrected chi connectivity index (χ2v) is 8.32. The van der Waals surface area contributed by atoms with Crippen molar-refractivity contribution >= 4 is 45.2 Å². The summed E-state index contributed by atoms with van der Waals surface area (Å²) in [5, 5.41) is 3.60. The Hall–Kier alpha value is -1.87. The van der Waals surface area contributed by atoms with Gasteiger partial charge in [0.1, 0.15) is 11.4 Å². The van der Waals surface area contributed by atoms with Crippen LogP contribution in [0, 0.1) is 5.92 Å². The molecule has 2 heterocycles. The average Bonchev–Trinajstić information content (AvgIpc) is 2.96. The molecule has 2 aromatic heterocycles. The largest absolute Gasteiger partial charge is 0.465 e. The summed E-state index contributed by atoms with van der Waals surface area (Å²) in [5.74, 6) is -0.0930. The molecule has 0 unspecified atom stereocenters. The van der Waals surface area contributed by atoms with Crippen LogP contribution in [-0.2, 0) is 27.2 Å². The summed E-state index contributed by atoms with van der Waals surface area (Å²) in [7, 11) is 0. The van der Waals surface area contributed by atoms with Crippen molar-refractivity contribution in [2.24, 2.45) is 5.92 Å². The van der Waals surface area contributed by atoms with Crippen molar-refractivity contribution in [3.63, 3.8) is 0 Å². The quantitative estimate of drug-likeness (QED) is 0.440. The number of H-pyrrole nitrogens is 1. The van der Waals surface area contributed by atoms with Gasteiger partial charge in [0.05, 0.1) is 17.7 Å². The number of nitrogens with zero attached hydrogens (tertiary/aromatic N) is 1. The first kappa shape index (κ1) is 18.9. The molecule has 0 saturated carbocycles. The van der Waals surface area contributed by atoms with Crippen LogP contribution in [0.5, 0.6) is 0 Å². The normalized spacial score (nSPS) is 16.3. The second-order valence-electron chi connectivity index (χ2n) is 6.27. The zero-order chi connectivity index (χ0) is 18.7. The van der Waals surface area contributed by atoms with Crippen molar-refractivity contribution in [2.45, 2.75) is 38.3 Å². The number of nitrogens with one attached hydrogen (secondary N) is 2. The maximum absolute atomic E-state index is 12.5. The number of esters is 1. The Bertz CT molecular complexity index is 890. The van der Waals surface area contributed by atoms with Gasteiger partial charge in [-0.2, -0.15) is 0 Å². The molecule has 1 amide bonds. The van der Waals surface area contributed by atoms with Gasteiger partial charge < -0.3 is 15.0 Å². The van der Waals surface area contributed by atoms with Gasteiger partial charge in [0.25, 0.3) is 5.56 Å². The molecule has 2 N–H and O–H groups in total. The first-order valence-electron chi connectivity index (χ1n) is 8.57. The van der Waals surface area contributed by atoms with Crippen molar-refractivity contribution in [3.05, 3.63) is 20.8 Å². The number of fused-ring (bicyclic) bond motifs is 3. The minimum atomic E-state index is -0.475. The van der Waals surface area contributed by atoms with Crippen molar-refractivity contribution in [1.82, 2.24) is 15.3 Å². The molecule has 1 aliphatic carbocycles. The molecule has 0 bridgehead atoms. The molecule has 26 heavy (non-hydrogen) atoms. The molecule has 0 aliphatic heterocycles. The fraction of sp³-hybridized carbons (Fsp3) is 0.529. The van der Waals surface area contributed by atoms with Gasteiger partial charge in [0.2, 0.25) is 5.91 Å². The van der Waals surface area contributed by atoms with Crippen LogP contribution >= 0.6 is 23.1 Å². The summed E-state index contributed by atoms with van der Waals surface area (Å²) in [6.07, 6.45) is 3.01. The molecule has 0 radical (unpaired) electrons. The third-order valence-electron chi connectivity index (χ3n) is 4.22. The van der Waals surface area contributed by atoms with Crippen LogP contribution in [0.4, 0.5) is 0 Å². The Balaban J connectivity index is 1.67. The zero-order valence-corrected chi connectivity index (χ0v) is 16.3. The van der Waals surface area contributed by atoms with Crippen molar-refractivity contribution < 1.29 is 14.3 Å². The van der Waals surface area contributed by atoms with Crippen LogP contribution in [0.15, 0.2) is 9.95 Å². The predicted molar refractivity (Wildman–Crippen MR) is 102 cm³/mol. The minimum Gasteiger partial charge on any atom is -0.465 e. The van der Waals surface area contributed by atoms with Gasteiger partial charge in [0.15, 0.2) is 5.16 Å². The lowest BCUT2D eigenvalue weighted by Crippen LogP contribution is -2.31. The molecule has 140 valence electrons. The number of aromatic nitrogens is 2. The molecule has 0 saturated heterocycles. The summed E-state index contributed by atoms with van der Waals surface area (Å²) in [6, 6.07) is 0. The Labute approximate surface area is 158 Å². The van der Waals surface area contributed by atoms with E-state index in [1.54, 1.807) is 18.3 Å². The minimum absolute atomic E-state index is 0.0655. The van der Waals surface area contributed by atoms with E-state index < -0.39 is 5.97 Å². The van der Waals surface area contributed by atoms with Gasteiger partial charge in [-0.15, -0.1) is 11.3 Å². The number of carbonyl (C=O) groups is 2. The lowest BCUT2D eigenvalue weighted by molar-refractivity contribution is -0.143. The summed E-state index contributed by atoms with van der Waals surface area (Å²) in [5.41, 5.74) is 0.997. The topological polar surface area (TPSA) is 101 Å². The number of hydrogen-bond donors (Lipinski definition) is 2. The third-order valence-corrected chi connectivity index (χ3v) is 6.24. The third kappa shape index (κ3) is 4.27. The first-order valence-corrected chi connectivity index (χ1v) is 10.4. The van der Waals surface area contributed by atoms with Gasteiger partial charge in [-0.05, 0) is 37.7 Å². The first-order chi connectivity index (χ1) is 12.5. The van der Waals surface area contributed by atoms with Crippen LogP contribution < -0.4 is 10.9 Å². The molecule has 1 aliphatic rings. The molecule has 7 nitrogen and oxygen atoms in total. The molecular weight excluding hydrogens is 374 g/mol. The standard InChI is InChI=1S/C17H21N3O4S2/c1-3-24-13(22)7-18-12(21)8-25-17-19-15(23)14-10-5-4-9(2)6-11(10)26-16(14)20-17/h9H,3-8H2,1-2H3,(H,18,21)(H,19,20,23)/t9-/m0/s1. The molecule has 2 aromatic rings. The van der Waals surface area contributed by atoms with Gasteiger partial charge in [-0.1, -0.05) is 18.7 Å². The summed E-state index contributed by atoms with van der Waals surface area (Å²) < 4.78 is 4.75. The Kier molecular flexibility index (Phi) is 5.98. The molecule has 0 fully saturated rings. The molecule has 1 atom stereocenters. The number of rotatable bonds is 6. The molecule has 9 heteroatoms. The van der Waals surface area contributed by atoms with Crippen LogP contribution in [0.25, 0.3) is 10.2 Å². The fourth-order valence-electron chi connectivity index (χ4n) is 2.97. The van der Waals surface area contributed by atoms with Crippen LogP contribution in [0.3, 0.4) is 0 Å². The fourth-order valence-corrected chi connectivity index (χ4v) is 5.10. The van der Waals surface area contributed by atoms with Crippen LogP contribution in [-0.4, -0.2) is 40.7 Å². The van der Waals surface area contributed by atoms with E-state index in [0.29, 0.717) is 16.5 Å². The highest BCUT2D eigenvalue weighted by molar-refractivity contribution is 7.99. The summed E-state index contributed by atoms with van der Waals surface area (Å²) in [6.45, 7) is 4.04. The Morgan fingerprint density at radius 3 is 3.04 bits per heavy atom. The second kappa shape index (κ2) is 8.22. The summed E-state index contributed by atoms with van der Waals surface area (Å²) >= 11 is 2.72. The molecule has 0 aromatic carbocycles. The number of thiophene rings is 1. The smallest absolute Gasteiger partial charge is 0.325 e. The predicted octanol–water partition coefficient (Wildman–Crippen LogP) is 1.88. The monoisotopic (exact) mass is 395 g/mol. The van der Waals surface area contributed by atoms with E-state index in [9.17, 15) is 14.4 Å². The lowest BCUT2D eigenvalue weighted by atomic mass is 9.89. The van der Waals surface area contributed by atoms with Gasteiger partial charge in [0, 0.05) is 4.88 Å². The highest BCUT2D eigenvalue weighted by Crippen LogP contribution is 2.36. The molecular formula is C17H21N3O4S2. The van der Waals surface area contributed by atoms with E-state index in [1.165, 1.54) is 4.88 Å². The van der Waals surface area contributed by atoms with E-state index in [4.69, 9.17) is 4.74 Å². The molecule has 3 rings (SSSR count). The average molecular weight is 396 g/mol. The number of carbonyl (C=O) groups excluding carboxylic acids is 2. The highest BCUT2D eigenvalue weighted by Gasteiger charge is 2.23. The number of hydrogen-bond acceptors (Lipinski definition) is 7. The van der Waals surface area contributed by atoms with Crippen LogP contribution in [0.2, 0.25) is 0 Å². The van der Waals surface area contributed by atoms with E-state index in [2.05, 4.69) is 22.2 Å². The zero-order valence-electron chi connectivity index (χ0n) is 14.7. The Morgan fingerprint density at radius 1 is 1.46 bits per heavy atom. The molecule has 0 spiro atoms. The van der Waals surface area contributed by atoms with Crippen molar-refractivity contribution in [2.75, 3.05) is 18.9 Å². The highest BCUT2D eigenvalue weighted by atomic mass is 32.2. The van der Waals surface area contributed by atoms with Crippen LogP contribution in [0.1, 0.15) is 30.7 Å².